The Labute approximate surface area is 93.8 Å². The third-order valence-electron chi connectivity index (χ3n) is 3.53. The van der Waals surface area contributed by atoms with Gasteiger partial charge in [-0.3, -0.25) is 5.32 Å². The van der Waals surface area contributed by atoms with E-state index in [0.29, 0.717) is 30.3 Å². The highest BCUT2D eigenvalue weighted by Gasteiger charge is 2.60. The van der Waals surface area contributed by atoms with E-state index in [4.69, 9.17) is 0 Å². The average Bonchev–Trinajstić information content (AvgIpc) is 2.70. The van der Waals surface area contributed by atoms with Crippen LogP contribution in [0.1, 0.15) is 41.5 Å². The van der Waals surface area contributed by atoms with Crippen LogP contribution in [0.5, 0.6) is 0 Å². The molecular formula is C12H25N3. The van der Waals surface area contributed by atoms with E-state index in [-0.39, 0.29) is 0 Å². The van der Waals surface area contributed by atoms with E-state index in [1.54, 1.807) is 0 Å². The highest BCUT2D eigenvalue weighted by Crippen LogP contribution is 2.44. The summed E-state index contributed by atoms with van der Waals surface area (Å²) in [6.45, 7) is 13.8. The van der Waals surface area contributed by atoms with Crippen molar-refractivity contribution in [3.8, 4) is 0 Å². The molecule has 0 saturated carbocycles. The van der Waals surface area contributed by atoms with E-state index >= 15 is 0 Å². The fraction of sp³-hybridized carbons (Fsp3) is 1.00. The molecule has 88 valence electrons. The third kappa shape index (κ3) is 1.71. The molecule has 3 nitrogen and oxygen atoms in total. The highest BCUT2D eigenvalue weighted by molar-refractivity contribution is 5.01. The summed E-state index contributed by atoms with van der Waals surface area (Å²) in [5.74, 6) is 2.09. The monoisotopic (exact) mass is 211 g/mol. The van der Waals surface area contributed by atoms with E-state index in [2.05, 4.69) is 56.9 Å². The van der Waals surface area contributed by atoms with Crippen LogP contribution >= 0.6 is 0 Å². The van der Waals surface area contributed by atoms with Crippen LogP contribution in [0.3, 0.4) is 0 Å². The van der Waals surface area contributed by atoms with Crippen molar-refractivity contribution in [2.24, 2.45) is 17.8 Å². The molecule has 3 heteroatoms. The minimum atomic E-state index is 0.546. The number of fused-ring (bicyclic) bond motifs is 1. The molecular weight excluding hydrogens is 186 g/mol. The second-order valence-electron chi connectivity index (χ2n) is 5.96. The molecule has 2 fully saturated rings. The number of nitrogens with one attached hydrogen (secondary N) is 1. The quantitative estimate of drug-likeness (QED) is 0.721. The molecule has 15 heavy (non-hydrogen) atoms. The fourth-order valence-corrected chi connectivity index (χ4v) is 2.76. The smallest absolute Gasteiger partial charge is 0.0954 e. The van der Waals surface area contributed by atoms with Crippen molar-refractivity contribution in [2.75, 3.05) is 0 Å². The fourth-order valence-electron chi connectivity index (χ4n) is 2.76. The zero-order valence-corrected chi connectivity index (χ0v) is 10.9. The Morgan fingerprint density at radius 1 is 0.733 bits per heavy atom. The summed E-state index contributed by atoms with van der Waals surface area (Å²) in [5.41, 5.74) is 0. The molecule has 2 rings (SSSR count). The Morgan fingerprint density at radius 2 is 1.13 bits per heavy atom. The molecule has 2 unspecified atom stereocenters. The van der Waals surface area contributed by atoms with Crippen molar-refractivity contribution in [2.45, 2.75) is 60.0 Å². The van der Waals surface area contributed by atoms with Gasteiger partial charge in [0.2, 0.25) is 0 Å². The maximum Gasteiger partial charge on any atom is 0.0954 e. The van der Waals surface area contributed by atoms with Gasteiger partial charge in [-0.2, -0.15) is 0 Å². The maximum absolute atomic E-state index is 3.73. The summed E-state index contributed by atoms with van der Waals surface area (Å²) in [6.07, 6.45) is 1.76. The topological polar surface area (TPSA) is 18.0 Å². The van der Waals surface area contributed by atoms with Crippen LogP contribution in [-0.2, 0) is 0 Å². The molecule has 0 amide bonds. The van der Waals surface area contributed by atoms with E-state index in [0.717, 1.165) is 5.92 Å². The Morgan fingerprint density at radius 3 is 1.40 bits per heavy atom. The van der Waals surface area contributed by atoms with Gasteiger partial charge in [0.15, 0.2) is 0 Å². The Bertz CT molecular complexity index is 217. The van der Waals surface area contributed by atoms with Crippen molar-refractivity contribution in [1.29, 1.82) is 0 Å². The molecule has 2 heterocycles. The molecule has 0 aromatic rings. The molecule has 2 aliphatic rings. The summed E-state index contributed by atoms with van der Waals surface area (Å²) in [7, 11) is 0. The minimum Gasteiger partial charge on any atom is -0.284 e. The first-order valence-electron chi connectivity index (χ1n) is 6.27. The van der Waals surface area contributed by atoms with Gasteiger partial charge in [-0.15, -0.1) is 0 Å². The Kier molecular flexibility index (Phi) is 2.82. The van der Waals surface area contributed by atoms with Crippen molar-refractivity contribution in [1.82, 2.24) is 15.3 Å². The molecule has 4 atom stereocenters. The number of hydrazine groups is 1. The van der Waals surface area contributed by atoms with E-state index in [9.17, 15) is 0 Å². The van der Waals surface area contributed by atoms with E-state index in [1.165, 1.54) is 0 Å². The molecule has 0 aromatic heterocycles. The second-order valence-corrected chi connectivity index (χ2v) is 5.96. The van der Waals surface area contributed by atoms with Gasteiger partial charge in [0.05, 0.1) is 18.5 Å². The zero-order chi connectivity index (χ0) is 11.3. The highest BCUT2D eigenvalue weighted by atomic mass is 15.9. The van der Waals surface area contributed by atoms with Crippen molar-refractivity contribution in [3.05, 3.63) is 0 Å². The Balaban J connectivity index is 2.10. The second kappa shape index (κ2) is 3.72. The van der Waals surface area contributed by atoms with Crippen LogP contribution in [0.15, 0.2) is 0 Å². The number of nitrogens with zero attached hydrogens (tertiary/aromatic N) is 2. The molecule has 0 aromatic carbocycles. The van der Waals surface area contributed by atoms with Gasteiger partial charge in [-0.25, -0.2) is 10.0 Å². The number of hydrogen-bond acceptors (Lipinski definition) is 3. The van der Waals surface area contributed by atoms with Crippen LogP contribution < -0.4 is 5.32 Å². The SMILES string of the molecule is CC(C)C1N2[C@H](C(C)C)N[C@@H](C(C)C)N12. The number of hydrogen-bond donors (Lipinski definition) is 1. The maximum atomic E-state index is 3.73. The zero-order valence-electron chi connectivity index (χ0n) is 10.9. The lowest BCUT2D eigenvalue weighted by Crippen LogP contribution is -2.46. The van der Waals surface area contributed by atoms with Gasteiger partial charge in [0.25, 0.3) is 0 Å². The summed E-state index contributed by atoms with van der Waals surface area (Å²) in [5, 5.41) is 8.81. The molecule has 2 saturated heterocycles. The molecule has 1 N–H and O–H groups in total. The molecule has 0 spiro atoms. The van der Waals surface area contributed by atoms with Gasteiger partial charge in [-0.1, -0.05) is 41.5 Å². The minimum absolute atomic E-state index is 0.546. The molecule has 0 aliphatic carbocycles. The lowest BCUT2D eigenvalue weighted by Gasteiger charge is -2.25. The van der Waals surface area contributed by atoms with Gasteiger partial charge in [0.1, 0.15) is 0 Å². The van der Waals surface area contributed by atoms with E-state index in [1.807, 2.05) is 0 Å². The third-order valence-corrected chi connectivity index (χ3v) is 3.53. The van der Waals surface area contributed by atoms with Crippen molar-refractivity contribution < 1.29 is 0 Å². The largest absolute Gasteiger partial charge is 0.284 e. The van der Waals surface area contributed by atoms with Crippen molar-refractivity contribution in [3.63, 3.8) is 0 Å². The summed E-state index contributed by atoms with van der Waals surface area (Å²) in [6, 6.07) is 0. The van der Waals surface area contributed by atoms with Gasteiger partial charge in [-0.05, 0) is 17.8 Å². The molecule has 0 bridgehead atoms. The lowest BCUT2D eigenvalue weighted by atomic mass is 10.1. The van der Waals surface area contributed by atoms with Crippen LogP contribution in [0.2, 0.25) is 0 Å². The summed E-state index contributed by atoms with van der Waals surface area (Å²) >= 11 is 0. The lowest BCUT2D eigenvalue weighted by molar-refractivity contribution is 0.241. The first-order valence-corrected chi connectivity index (χ1v) is 6.27. The van der Waals surface area contributed by atoms with Crippen LogP contribution in [0.25, 0.3) is 0 Å². The summed E-state index contributed by atoms with van der Waals surface area (Å²) in [4.78, 5) is 0. The predicted octanol–water partition coefficient (Wildman–Crippen LogP) is 2.07. The van der Waals surface area contributed by atoms with Gasteiger partial charge >= 0.3 is 0 Å². The van der Waals surface area contributed by atoms with Crippen molar-refractivity contribution >= 4 is 0 Å². The first kappa shape index (κ1) is 11.4. The average molecular weight is 211 g/mol. The van der Waals surface area contributed by atoms with Crippen LogP contribution in [-0.4, -0.2) is 28.5 Å². The van der Waals surface area contributed by atoms with E-state index < -0.39 is 0 Å². The van der Waals surface area contributed by atoms with Gasteiger partial charge < -0.3 is 0 Å². The standard InChI is InChI=1S/C12H25N3/c1-7(2)10-13-11(8(3)4)15-12(9(5)6)14(10)15/h7-13H,1-6H3/t10-,11-,12?,14?,15?/m1/s1. The molecule has 0 radical (unpaired) electrons. The van der Waals surface area contributed by atoms with Crippen LogP contribution in [0, 0.1) is 17.8 Å². The van der Waals surface area contributed by atoms with Gasteiger partial charge in [0, 0.05) is 0 Å². The predicted molar refractivity (Wildman–Crippen MR) is 62.7 cm³/mol. The first-order chi connectivity index (χ1) is 6.95. The van der Waals surface area contributed by atoms with Crippen LogP contribution in [0.4, 0.5) is 0 Å². The molecule has 2 aliphatic heterocycles. The number of rotatable bonds is 3. The summed E-state index contributed by atoms with van der Waals surface area (Å²) < 4.78 is 0. The Hall–Kier alpha value is -0.120. The normalized spacial score (nSPS) is 44.2.